The lowest BCUT2D eigenvalue weighted by Gasteiger charge is -2.18. The number of nitrogens with zero attached hydrogens (tertiary/aromatic N) is 3. The molecule has 0 unspecified atom stereocenters. The Morgan fingerprint density at radius 2 is 2.05 bits per heavy atom. The maximum absolute atomic E-state index is 11.8. The third kappa shape index (κ3) is 2.58. The van der Waals surface area contributed by atoms with Gasteiger partial charge in [0.1, 0.15) is 5.71 Å². The molecule has 3 rings (SSSR count). The standard InChI is InChI=1S/C14H13ClN4O/c15-10-3-5-11(6-4-10)17-18-12-2-1-9-19-13(20)7-8-16-14(12)19/h3-8,17H,1-2,9H2/b18-12-. The van der Waals surface area contributed by atoms with Gasteiger partial charge in [0.25, 0.3) is 5.56 Å². The topological polar surface area (TPSA) is 59.3 Å². The first kappa shape index (κ1) is 12.9. The average Bonchev–Trinajstić information content (AvgIpc) is 2.47. The summed E-state index contributed by atoms with van der Waals surface area (Å²) in [5, 5.41) is 5.05. The molecule has 2 aromatic rings. The van der Waals surface area contributed by atoms with E-state index in [1.165, 1.54) is 12.3 Å². The van der Waals surface area contributed by atoms with Crippen LogP contribution in [-0.4, -0.2) is 15.3 Å². The third-order valence-electron chi connectivity index (χ3n) is 3.15. The van der Waals surface area contributed by atoms with Gasteiger partial charge in [0, 0.05) is 23.8 Å². The Labute approximate surface area is 120 Å². The van der Waals surface area contributed by atoms with Gasteiger partial charge >= 0.3 is 0 Å². The van der Waals surface area contributed by atoms with E-state index in [9.17, 15) is 4.79 Å². The fourth-order valence-corrected chi connectivity index (χ4v) is 2.29. The summed E-state index contributed by atoms with van der Waals surface area (Å²) in [6.45, 7) is 0.696. The van der Waals surface area contributed by atoms with Crippen molar-refractivity contribution in [3.63, 3.8) is 0 Å². The molecule has 2 heterocycles. The number of anilines is 1. The fraction of sp³-hybridized carbons (Fsp3) is 0.214. The summed E-state index contributed by atoms with van der Waals surface area (Å²) in [6, 6.07) is 8.75. The molecule has 5 nitrogen and oxygen atoms in total. The maximum atomic E-state index is 11.8. The Morgan fingerprint density at radius 1 is 1.25 bits per heavy atom. The number of rotatable bonds is 2. The first-order valence-electron chi connectivity index (χ1n) is 6.38. The molecule has 0 aliphatic carbocycles. The third-order valence-corrected chi connectivity index (χ3v) is 3.41. The molecule has 0 bridgehead atoms. The highest BCUT2D eigenvalue weighted by Crippen LogP contribution is 2.15. The SMILES string of the molecule is O=c1ccnc2n1CCC/C2=N/Nc1ccc(Cl)cc1. The number of aromatic nitrogens is 2. The monoisotopic (exact) mass is 288 g/mol. The van der Waals surface area contributed by atoms with E-state index in [-0.39, 0.29) is 5.56 Å². The highest BCUT2D eigenvalue weighted by atomic mass is 35.5. The number of hydrazone groups is 1. The highest BCUT2D eigenvalue weighted by molar-refractivity contribution is 6.30. The molecular formula is C14H13ClN4O. The molecule has 1 aliphatic heterocycles. The normalized spacial score (nSPS) is 15.9. The molecule has 0 radical (unpaired) electrons. The molecule has 102 valence electrons. The molecule has 1 aromatic heterocycles. The zero-order valence-corrected chi connectivity index (χ0v) is 11.5. The summed E-state index contributed by atoms with van der Waals surface area (Å²) in [4.78, 5) is 16.0. The summed E-state index contributed by atoms with van der Waals surface area (Å²) in [5.74, 6) is 0.644. The molecule has 0 saturated carbocycles. The van der Waals surface area contributed by atoms with Gasteiger partial charge in [-0.2, -0.15) is 5.10 Å². The molecule has 1 aliphatic rings. The zero-order valence-electron chi connectivity index (χ0n) is 10.7. The Balaban J connectivity index is 1.89. The molecule has 20 heavy (non-hydrogen) atoms. The van der Waals surface area contributed by atoms with E-state index in [0.717, 1.165) is 24.2 Å². The van der Waals surface area contributed by atoms with Crippen LogP contribution in [0.2, 0.25) is 5.02 Å². The number of nitrogens with one attached hydrogen (secondary N) is 1. The first-order valence-corrected chi connectivity index (χ1v) is 6.76. The highest BCUT2D eigenvalue weighted by Gasteiger charge is 2.17. The minimum absolute atomic E-state index is 0.0334. The van der Waals surface area contributed by atoms with Crippen LogP contribution in [0.3, 0.4) is 0 Å². The molecule has 0 fully saturated rings. The predicted molar refractivity (Wildman–Crippen MR) is 79.3 cm³/mol. The van der Waals surface area contributed by atoms with Gasteiger partial charge in [0.05, 0.1) is 5.69 Å². The largest absolute Gasteiger partial charge is 0.292 e. The van der Waals surface area contributed by atoms with E-state index >= 15 is 0 Å². The lowest BCUT2D eigenvalue weighted by atomic mass is 10.1. The fourth-order valence-electron chi connectivity index (χ4n) is 2.16. The van der Waals surface area contributed by atoms with Gasteiger partial charge in [-0.05, 0) is 37.1 Å². The van der Waals surface area contributed by atoms with Gasteiger partial charge in [-0.1, -0.05) is 11.6 Å². The molecule has 0 atom stereocenters. The second-order valence-electron chi connectivity index (χ2n) is 4.54. The van der Waals surface area contributed by atoms with Crippen molar-refractivity contribution in [2.75, 3.05) is 5.43 Å². The van der Waals surface area contributed by atoms with Crippen LogP contribution in [0.25, 0.3) is 0 Å². The minimum atomic E-state index is -0.0334. The summed E-state index contributed by atoms with van der Waals surface area (Å²) in [7, 11) is 0. The number of hydrogen-bond donors (Lipinski definition) is 1. The van der Waals surface area contributed by atoms with Crippen molar-refractivity contribution in [2.24, 2.45) is 5.10 Å². The maximum Gasteiger partial charge on any atom is 0.253 e. The van der Waals surface area contributed by atoms with Crippen LogP contribution in [0, 0.1) is 0 Å². The lowest BCUT2D eigenvalue weighted by molar-refractivity contribution is 0.590. The van der Waals surface area contributed by atoms with Crippen molar-refractivity contribution >= 4 is 23.0 Å². The van der Waals surface area contributed by atoms with E-state index in [4.69, 9.17) is 11.6 Å². The molecule has 6 heteroatoms. The summed E-state index contributed by atoms with van der Waals surface area (Å²) in [6.07, 6.45) is 3.22. The van der Waals surface area contributed by atoms with Crippen LogP contribution >= 0.6 is 11.6 Å². The van der Waals surface area contributed by atoms with Crippen molar-refractivity contribution in [1.29, 1.82) is 0 Å². The van der Waals surface area contributed by atoms with Crippen LogP contribution < -0.4 is 11.0 Å². The van der Waals surface area contributed by atoms with Crippen molar-refractivity contribution < 1.29 is 0 Å². The van der Waals surface area contributed by atoms with Gasteiger partial charge in [0.15, 0.2) is 5.82 Å². The Morgan fingerprint density at radius 3 is 2.85 bits per heavy atom. The van der Waals surface area contributed by atoms with Gasteiger partial charge in [-0.15, -0.1) is 0 Å². The molecule has 0 spiro atoms. The summed E-state index contributed by atoms with van der Waals surface area (Å²) in [5.41, 5.74) is 4.58. The lowest BCUT2D eigenvalue weighted by Crippen LogP contribution is -2.31. The predicted octanol–water partition coefficient (Wildman–Crippen LogP) is 2.51. The molecule has 1 N–H and O–H groups in total. The van der Waals surface area contributed by atoms with Crippen molar-refractivity contribution in [3.8, 4) is 0 Å². The van der Waals surface area contributed by atoms with E-state index in [2.05, 4.69) is 15.5 Å². The van der Waals surface area contributed by atoms with Crippen LogP contribution in [0.15, 0.2) is 46.4 Å². The first-order chi connectivity index (χ1) is 9.74. The molecule has 0 amide bonds. The van der Waals surface area contributed by atoms with Crippen molar-refractivity contribution in [2.45, 2.75) is 19.4 Å². The number of benzene rings is 1. The van der Waals surface area contributed by atoms with Gasteiger partial charge in [-0.25, -0.2) is 4.98 Å². The van der Waals surface area contributed by atoms with Crippen LogP contribution in [-0.2, 0) is 6.54 Å². The summed E-state index contributed by atoms with van der Waals surface area (Å²) >= 11 is 5.83. The molecular weight excluding hydrogens is 276 g/mol. The Kier molecular flexibility index (Phi) is 3.52. The van der Waals surface area contributed by atoms with Crippen molar-refractivity contribution in [3.05, 3.63) is 57.7 Å². The van der Waals surface area contributed by atoms with Crippen LogP contribution in [0.4, 0.5) is 5.69 Å². The second-order valence-corrected chi connectivity index (χ2v) is 4.98. The van der Waals surface area contributed by atoms with Crippen LogP contribution in [0.5, 0.6) is 0 Å². The van der Waals surface area contributed by atoms with E-state index in [1.807, 2.05) is 12.1 Å². The van der Waals surface area contributed by atoms with Gasteiger partial charge in [-0.3, -0.25) is 14.8 Å². The molecule has 1 aromatic carbocycles. The van der Waals surface area contributed by atoms with E-state index < -0.39 is 0 Å². The molecule has 0 saturated heterocycles. The minimum Gasteiger partial charge on any atom is -0.292 e. The van der Waals surface area contributed by atoms with E-state index in [1.54, 1.807) is 16.7 Å². The van der Waals surface area contributed by atoms with E-state index in [0.29, 0.717) is 17.4 Å². The number of hydrogen-bond acceptors (Lipinski definition) is 4. The second kappa shape index (κ2) is 5.46. The zero-order chi connectivity index (χ0) is 13.9. The quantitative estimate of drug-likeness (QED) is 0.864. The Hall–Kier alpha value is -2.14. The van der Waals surface area contributed by atoms with Gasteiger partial charge in [0.2, 0.25) is 0 Å². The van der Waals surface area contributed by atoms with Crippen molar-refractivity contribution in [1.82, 2.24) is 9.55 Å². The smallest absolute Gasteiger partial charge is 0.253 e. The number of halogens is 1. The van der Waals surface area contributed by atoms with Crippen LogP contribution in [0.1, 0.15) is 18.7 Å². The average molecular weight is 289 g/mol. The number of fused-ring (bicyclic) bond motifs is 1. The Bertz CT molecular complexity index is 706. The summed E-state index contributed by atoms with van der Waals surface area (Å²) < 4.78 is 1.66. The van der Waals surface area contributed by atoms with Gasteiger partial charge < -0.3 is 0 Å².